The molecule has 3 aromatic rings. The summed E-state index contributed by atoms with van der Waals surface area (Å²) in [5.74, 6) is 1.38. The zero-order chi connectivity index (χ0) is 18.7. The van der Waals surface area contributed by atoms with Crippen molar-refractivity contribution in [2.75, 3.05) is 6.54 Å². The molecule has 1 saturated heterocycles. The second kappa shape index (κ2) is 6.31. The topological polar surface area (TPSA) is 25.2 Å². The van der Waals surface area contributed by atoms with Gasteiger partial charge in [0.1, 0.15) is 0 Å². The number of carbonyl (C=O) groups excluding carboxylic acids is 1. The molecule has 0 N–H and O–H groups in total. The van der Waals surface area contributed by atoms with E-state index in [9.17, 15) is 4.79 Å². The van der Waals surface area contributed by atoms with Crippen LogP contribution in [0.25, 0.3) is 10.9 Å². The van der Waals surface area contributed by atoms with Gasteiger partial charge in [-0.15, -0.1) is 0 Å². The van der Waals surface area contributed by atoms with E-state index in [1.807, 2.05) is 0 Å². The SMILES string of the molecule is O=C1CC[C@H]2C[C@H]3[C@H](CCCN3Cc3ccccc3)c3c2n1c1ccccc31. The minimum Gasteiger partial charge on any atom is -0.296 e. The second-order valence-corrected chi connectivity index (χ2v) is 8.79. The Morgan fingerprint density at radius 3 is 2.68 bits per heavy atom. The van der Waals surface area contributed by atoms with Crippen molar-refractivity contribution in [3.63, 3.8) is 0 Å². The first-order valence-corrected chi connectivity index (χ1v) is 10.8. The molecule has 0 unspecified atom stereocenters. The molecule has 28 heavy (non-hydrogen) atoms. The minimum absolute atomic E-state index is 0.295. The van der Waals surface area contributed by atoms with Crippen molar-refractivity contribution in [2.24, 2.45) is 0 Å². The maximum Gasteiger partial charge on any atom is 0.231 e. The number of hydrogen-bond donors (Lipinski definition) is 0. The first-order chi connectivity index (χ1) is 13.8. The Morgan fingerprint density at radius 2 is 1.79 bits per heavy atom. The van der Waals surface area contributed by atoms with Gasteiger partial charge in [0.15, 0.2) is 0 Å². The summed E-state index contributed by atoms with van der Waals surface area (Å²) in [5, 5.41) is 1.33. The summed E-state index contributed by atoms with van der Waals surface area (Å²) >= 11 is 0. The smallest absolute Gasteiger partial charge is 0.231 e. The molecule has 0 bridgehead atoms. The van der Waals surface area contributed by atoms with Gasteiger partial charge in [-0.1, -0.05) is 48.5 Å². The van der Waals surface area contributed by atoms with Crippen LogP contribution in [0.3, 0.4) is 0 Å². The van der Waals surface area contributed by atoms with E-state index in [1.165, 1.54) is 48.0 Å². The lowest BCUT2D eigenvalue weighted by molar-refractivity contribution is 0.0792. The van der Waals surface area contributed by atoms with Gasteiger partial charge in [-0.05, 0) is 49.4 Å². The summed E-state index contributed by atoms with van der Waals surface area (Å²) in [5.41, 5.74) is 5.42. The molecule has 0 radical (unpaired) electrons. The van der Waals surface area contributed by atoms with E-state index in [0.717, 1.165) is 18.5 Å². The van der Waals surface area contributed by atoms with Crippen molar-refractivity contribution in [1.82, 2.24) is 9.47 Å². The average molecular weight is 370 g/mol. The van der Waals surface area contributed by atoms with E-state index >= 15 is 0 Å². The molecule has 0 amide bonds. The van der Waals surface area contributed by atoms with Gasteiger partial charge in [0.2, 0.25) is 5.91 Å². The van der Waals surface area contributed by atoms with Crippen molar-refractivity contribution < 1.29 is 4.79 Å². The van der Waals surface area contributed by atoms with E-state index in [2.05, 4.69) is 64.1 Å². The highest BCUT2D eigenvalue weighted by Gasteiger charge is 2.45. The summed E-state index contributed by atoms with van der Waals surface area (Å²) in [6, 6.07) is 20.1. The lowest BCUT2D eigenvalue weighted by Gasteiger charge is -2.47. The van der Waals surface area contributed by atoms with Gasteiger partial charge in [0.05, 0.1) is 5.52 Å². The van der Waals surface area contributed by atoms with Crippen molar-refractivity contribution >= 4 is 16.8 Å². The van der Waals surface area contributed by atoms with Gasteiger partial charge in [-0.3, -0.25) is 14.3 Å². The molecule has 1 fully saturated rings. The number of rotatable bonds is 2. The quantitative estimate of drug-likeness (QED) is 0.611. The molecule has 142 valence electrons. The van der Waals surface area contributed by atoms with E-state index in [-0.39, 0.29) is 0 Å². The van der Waals surface area contributed by atoms with Gasteiger partial charge in [0.25, 0.3) is 0 Å². The molecule has 1 aromatic heterocycles. The summed E-state index contributed by atoms with van der Waals surface area (Å²) in [6.07, 6.45) is 5.40. The fourth-order valence-corrected chi connectivity index (χ4v) is 6.20. The first kappa shape index (κ1) is 16.6. The monoisotopic (exact) mass is 370 g/mol. The third kappa shape index (κ3) is 2.35. The third-order valence-electron chi connectivity index (χ3n) is 7.31. The van der Waals surface area contributed by atoms with E-state index in [0.29, 0.717) is 30.2 Å². The van der Waals surface area contributed by atoms with Crippen LogP contribution in [-0.4, -0.2) is 28.0 Å². The standard InChI is InChI=1S/C25H26N2O/c28-23-13-12-18-15-22-20(10-6-14-26(22)16-17-7-2-1-3-8-17)24-19-9-4-5-11-21(19)27(23)25(18)24/h1-5,7-9,11,18,20,22H,6,10,12-16H2/t18-,20-,22-/m0/s1. The lowest BCUT2D eigenvalue weighted by Crippen LogP contribution is -2.47. The summed E-state index contributed by atoms with van der Waals surface area (Å²) < 4.78 is 2.09. The van der Waals surface area contributed by atoms with Crippen molar-refractivity contribution in [2.45, 2.75) is 56.5 Å². The largest absolute Gasteiger partial charge is 0.296 e. The van der Waals surface area contributed by atoms with Crippen LogP contribution in [0.15, 0.2) is 54.6 Å². The van der Waals surface area contributed by atoms with E-state index in [1.54, 1.807) is 0 Å². The highest BCUT2D eigenvalue weighted by molar-refractivity contribution is 5.97. The number of carbonyl (C=O) groups is 1. The molecule has 2 aromatic carbocycles. The van der Waals surface area contributed by atoms with Gasteiger partial charge >= 0.3 is 0 Å². The maximum atomic E-state index is 12.8. The Bertz CT molecular complexity index is 1050. The number of hydrogen-bond acceptors (Lipinski definition) is 2. The summed E-state index contributed by atoms with van der Waals surface area (Å²) in [4.78, 5) is 15.5. The van der Waals surface area contributed by atoms with Crippen LogP contribution in [0.5, 0.6) is 0 Å². The highest BCUT2D eigenvalue weighted by atomic mass is 16.2. The second-order valence-electron chi connectivity index (χ2n) is 8.79. The van der Waals surface area contributed by atoms with Crippen LogP contribution in [0, 0.1) is 0 Å². The van der Waals surface area contributed by atoms with Crippen LogP contribution in [0.2, 0.25) is 0 Å². The number of aromatic nitrogens is 1. The van der Waals surface area contributed by atoms with Crippen LogP contribution in [-0.2, 0) is 6.54 Å². The molecule has 2 aliphatic heterocycles. The fourth-order valence-electron chi connectivity index (χ4n) is 6.20. The molecule has 3 atom stereocenters. The molecule has 6 rings (SSSR count). The Labute approximate surface area is 166 Å². The number of para-hydroxylation sites is 1. The van der Waals surface area contributed by atoms with Crippen LogP contribution in [0.1, 0.15) is 65.6 Å². The fraction of sp³-hybridized carbons (Fsp3) is 0.400. The first-order valence-electron chi connectivity index (χ1n) is 10.8. The van der Waals surface area contributed by atoms with Crippen LogP contribution < -0.4 is 0 Å². The molecule has 3 heterocycles. The molecule has 1 aliphatic carbocycles. The average Bonchev–Trinajstić information content (AvgIpc) is 3.09. The summed E-state index contributed by atoms with van der Waals surface area (Å²) in [7, 11) is 0. The Kier molecular flexibility index (Phi) is 3.73. The van der Waals surface area contributed by atoms with Gasteiger partial charge in [0, 0.05) is 41.9 Å². The van der Waals surface area contributed by atoms with E-state index < -0.39 is 0 Å². The highest BCUT2D eigenvalue weighted by Crippen LogP contribution is 2.52. The van der Waals surface area contributed by atoms with Gasteiger partial charge in [-0.25, -0.2) is 0 Å². The lowest BCUT2D eigenvalue weighted by atomic mass is 9.70. The number of benzene rings is 2. The predicted molar refractivity (Wildman–Crippen MR) is 112 cm³/mol. The number of nitrogens with zero attached hydrogens (tertiary/aromatic N) is 2. The Morgan fingerprint density at radius 1 is 0.964 bits per heavy atom. The zero-order valence-corrected chi connectivity index (χ0v) is 16.2. The Balaban J connectivity index is 1.47. The molecule has 0 saturated carbocycles. The molecular weight excluding hydrogens is 344 g/mol. The van der Waals surface area contributed by atoms with Crippen LogP contribution in [0.4, 0.5) is 0 Å². The zero-order valence-electron chi connectivity index (χ0n) is 16.2. The summed E-state index contributed by atoms with van der Waals surface area (Å²) in [6.45, 7) is 2.23. The maximum absolute atomic E-state index is 12.8. The van der Waals surface area contributed by atoms with Crippen molar-refractivity contribution in [3.8, 4) is 0 Å². The van der Waals surface area contributed by atoms with Crippen molar-refractivity contribution in [3.05, 3.63) is 71.4 Å². The molecular formula is C25H26N2O. The minimum atomic E-state index is 0.295. The molecule has 3 heteroatoms. The molecule has 3 aliphatic rings. The van der Waals surface area contributed by atoms with E-state index in [4.69, 9.17) is 0 Å². The van der Waals surface area contributed by atoms with Crippen molar-refractivity contribution in [1.29, 1.82) is 0 Å². The predicted octanol–water partition coefficient (Wildman–Crippen LogP) is 5.31. The van der Waals surface area contributed by atoms with Crippen LogP contribution >= 0.6 is 0 Å². The molecule has 3 nitrogen and oxygen atoms in total. The van der Waals surface area contributed by atoms with Gasteiger partial charge < -0.3 is 0 Å². The molecule has 0 spiro atoms. The van der Waals surface area contributed by atoms with Gasteiger partial charge in [-0.2, -0.15) is 0 Å². The third-order valence-corrected chi connectivity index (χ3v) is 7.31. The Hall–Kier alpha value is -2.39. The number of fused-ring (bicyclic) bond motifs is 5. The number of piperidine rings is 1. The normalized spacial score (nSPS) is 26.9. The number of likely N-dealkylation sites (tertiary alicyclic amines) is 1.